The highest BCUT2D eigenvalue weighted by atomic mass is 16.4. The molecule has 6 heteroatoms. The molecule has 116 valence electrons. The fourth-order valence-electron chi connectivity index (χ4n) is 2.66. The summed E-state index contributed by atoms with van der Waals surface area (Å²) in [5.41, 5.74) is -3.89. The first-order valence-electron chi connectivity index (χ1n) is 6.25. The number of hydrogen-bond donors (Lipinski definition) is 3. The Bertz CT molecular complexity index is 455. The number of carbonyl (C=O) groups is 3. The van der Waals surface area contributed by atoms with Crippen molar-refractivity contribution in [2.24, 2.45) is 10.8 Å². The van der Waals surface area contributed by atoms with Crippen LogP contribution in [0.15, 0.2) is 38.0 Å². The highest BCUT2D eigenvalue weighted by Gasteiger charge is 2.60. The van der Waals surface area contributed by atoms with Crippen molar-refractivity contribution in [2.45, 2.75) is 25.7 Å². The van der Waals surface area contributed by atoms with Gasteiger partial charge in [0.05, 0.1) is 17.3 Å². The highest BCUT2D eigenvalue weighted by Crippen LogP contribution is 2.51. The van der Waals surface area contributed by atoms with Crippen LogP contribution in [0.3, 0.4) is 0 Å². The zero-order chi connectivity index (χ0) is 16.7. The van der Waals surface area contributed by atoms with Crippen molar-refractivity contribution in [1.82, 2.24) is 0 Å². The molecule has 0 amide bonds. The van der Waals surface area contributed by atoms with Gasteiger partial charge < -0.3 is 15.3 Å². The van der Waals surface area contributed by atoms with E-state index in [1.807, 2.05) is 0 Å². The van der Waals surface area contributed by atoms with Crippen LogP contribution in [-0.4, -0.2) is 33.2 Å². The Kier molecular flexibility index (Phi) is 6.58. The van der Waals surface area contributed by atoms with Gasteiger partial charge >= 0.3 is 17.9 Å². The number of carboxylic acid groups (broad SMARTS) is 3. The molecule has 0 aliphatic heterocycles. The summed E-state index contributed by atoms with van der Waals surface area (Å²) < 4.78 is 0. The molecule has 3 N–H and O–H groups in total. The van der Waals surface area contributed by atoms with E-state index in [1.54, 1.807) is 0 Å². The molecular weight excluding hydrogens is 276 g/mol. The topological polar surface area (TPSA) is 112 Å². The second kappa shape index (κ2) is 7.42. The third-order valence-electron chi connectivity index (χ3n) is 3.67. The van der Waals surface area contributed by atoms with Crippen molar-refractivity contribution in [1.29, 1.82) is 0 Å². The Morgan fingerprint density at radius 1 is 0.762 bits per heavy atom. The molecule has 0 saturated heterocycles. The van der Waals surface area contributed by atoms with E-state index in [1.165, 1.54) is 18.2 Å². The van der Waals surface area contributed by atoms with Crippen LogP contribution in [0.1, 0.15) is 25.7 Å². The first kappa shape index (κ1) is 18.6. The minimum absolute atomic E-state index is 0.193. The van der Waals surface area contributed by atoms with E-state index >= 15 is 0 Å². The number of aliphatic carboxylic acids is 3. The molecule has 0 spiro atoms. The van der Waals surface area contributed by atoms with Crippen molar-refractivity contribution in [3.63, 3.8) is 0 Å². The molecule has 1 atom stereocenters. The van der Waals surface area contributed by atoms with Crippen molar-refractivity contribution >= 4 is 17.9 Å². The Morgan fingerprint density at radius 2 is 1.10 bits per heavy atom. The van der Waals surface area contributed by atoms with E-state index in [9.17, 15) is 24.6 Å². The lowest BCUT2D eigenvalue weighted by molar-refractivity contribution is -0.178. The molecule has 1 unspecified atom stereocenters. The van der Waals surface area contributed by atoms with Crippen LogP contribution >= 0.6 is 0 Å². The van der Waals surface area contributed by atoms with Crippen LogP contribution in [0.2, 0.25) is 0 Å². The first-order valence-corrected chi connectivity index (χ1v) is 6.25. The third kappa shape index (κ3) is 3.39. The molecule has 0 fully saturated rings. The molecule has 0 aromatic rings. The Morgan fingerprint density at radius 3 is 1.33 bits per heavy atom. The van der Waals surface area contributed by atoms with Gasteiger partial charge in [-0.25, -0.2) is 0 Å². The van der Waals surface area contributed by atoms with Crippen molar-refractivity contribution in [3.8, 4) is 0 Å². The summed E-state index contributed by atoms with van der Waals surface area (Å²) in [7, 11) is 0. The average molecular weight is 296 g/mol. The van der Waals surface area contributed by atoms with Crippen LogP contribution in [0.4, 0.5) is 0 Å². The molecule has 0 aliphatic carbocycles. The number of carboxylic acids is 3. The zero-order valence-corrected chi connectivity index (χ0v) is 11.7. The quantitative estimate of drug-likeness (QED) is 0.504. The molecule has 0 aromatic heterocycles. The van der Waals surface area contributed by atoms with Gasteiger partial charge in [0.2, 0.25) is 0 Å². The maximum atomic E-state index is 11.8. The largest absolute Gasteiger partial charge is 0.481 e. The first-order chi connectivity index (χ1) is 9.74. The van der Waals surface area contributed by atoms with Crippen molar-refractivity contribution in [2.75, 3.05) is 0 Å². The van der Waals surface area contributed by atoms with Crippen molar-refractivity contribution < 1.29 is 29.7 Å². The number of hydrogen-bond acceptors (Lipinski definition) is 3. The van der Waals surface area contributed by atoms with Gasteiger partial charge in [0, 0.05) is 0 Å². The van der Waals surface area contributed by atoms with Gasteiger partial charge in [-0.2, -0.15) is 0 Å². The SMILES string of the molecule is C=CCC(CC=C)(C(=O)O)C(CC=C)(CC(=O)O)C(=O)O. The van der Waals surface area contributed by atoms with E-state index in [0.717, 1.165) is 0 Å². The van der Waals surface area contributed by atoms with Crippen LogP contribution in [0, 0.1) is 10.8 Å². The van der Waals surface area contributed by atoms with Gasteiger partial charge in [0.1, 0.15) is 0 Å². The predicted octanol–water partition coefficient (Wildman–Crippen LogP) is 2.33. The summed E-state index contributed by atoms with van der Waals surface area (Å²) in [6, 6.07) is 0. The molecule has 21 heavy (non-hydrogen) atoms. The zero-order valence-electron chi connectivity index (χ0n) is 11.7. The standard InChI is InChI=1S/C15H20O6/c1-4-7-14(8-5-2,12(18)19)15(9-6-3,13(20)21)10-11(16)17/h4-6H,1-3,7-10H2,(H,16,17)(H,18,19)(H,20,21). The lowest BCUT2D eigenvalue weighted by Gasteiger charge is -2.43. The molecule has 0 rings (SSSR count). The summed E-state index contributed by atoms with van der Waals surface area (Å²) in [6.07, 6.45) is 2.27. The van der Waals surface area contributed by atoms with Gasteiger partial charge in [0.15, 0.2) is 0 Å². The molecule has 6 nitrogen and oxygen atoms in total. The van der Waals surface area contributed by atoms with E-state index in [2.05, 4.69) is 19.7 Å². The maximum absolute atomic E-state index is 11.8. The second-order valence-electron chi connectivity index (χ2n) is 4.82. The lowest BCUT2D eigenvalue weighted by Crippen LogP contribution is -2.53. The van der Waals surface area contributed by atoms with E-state index in [-0.39, 0.29) is 19.3 Å². The van der Waals surface area contributed by atoms with Crippen LogP contribution in [0.25, 0.3) is 0 Å². The summed E-state index contributed by atoms with van der Waals surface area (Å²) in [4.78, 5) is 34.8. The minimum Gasteiger partial charge on any atom is -0.481 e. The van der Waals surface area contributed by atoms with Gasteiger partial charge in [0.25, 0.3) is 0 Å². The summed E-state index contributed by atoms with van der Waals surface area (Å²) in [5, 5.41) is 28.3. The number of rotatable bonds is 11. The van der Waals surface area contributed by atoms with E-state index in [0.29, 0.717) is 0 Å². The predicted molar refractivity (Wildman–Crippen MR) is 76.8 cm³/mol. The minimum atomic E-state index is -2.03. The fourth-order valence-corrected chi connectivity index (χ4v) is 2.66. The van der Waals surface area contributed by atoms with Crippen LogP contribution in [-0.2, 0) is 14.4 Å². The van der Waals surface area contributed by atoms with Gasteiger partial charge in [-0.15, -0.1) is 19.7 Å². The Labute approximate surface area is 123 Å². The maximum Gasteiger partial charge on any atom is 0.311 e. The van der Waals surface area contributed by atoms with Gasteiger partial charge in [-0.1, -0.05) is 18.2 Å². The molecule has 0 aromatic carbocycles. The number of allylic oxidation sites excluding steroid dienone is 3. The molecule has 0 bridgehead atoms. The average Bonchev–Trinajstić information content (AvgIpc) is 2.36. The fraction of sp³-hybridized carbons (Fsp3) is 0.400. The molecule has 0 aliphatic rings. The molecule has 0 heterocycles. The normalized spacial score (nSPS) is 13.7. The van der Waals surface area contributed by atoms with E-state index in [4.69, 9.17) is 5.11 Å². The van der Waals surface area contributed by atoms with Crippen LogP contribution < -0.4 is 0 Å². The molecule has 0 saturated carbocycles. The summed E-state index contributed by atoms with van der Waals surface area (Å²) in [5.74, 6) is -4.28. The monoisotopic (exact) mass is 296 g/mol. The summed E-state index contributed by atoms with van der Waals surface area (Å²) in [6.45, 7) is 10.3. The molecular formula is C15H20O6. The van der Waals surface area contributed by atoms with Crippen molar-refractivity contribution in [3.05, 3.63) is 38.0 Å². The van der Waals surface area contributed by atoms with Gasteiger partial charge in [-0.3, -0.25) is 14.4 Å². The smallest absolute Gasteiger partial charge is 0.311 e. The summed E-state index contributed by atoms with van der Waals surface area (Å²) >= 11 is 0. The van der Waals surface area contributed by atoms with Gasteiger partial charge in [-0.05, 0) is 19.3 Å². The lowest BCUT2D eigenvalue weighted by atomic mass is 9.56. The Hall–Kier alpha value is -2.37. The molecule has 0 radical (unpaired) electrons. The second-order valence-corrected chi connectivity index (χ2v) is 4.82. The van der Waals surface area contributed by atoms with Crippen LogP contribution in [0.5, 0.6) is 0 Å². The Balaban J connectivity index is 6.44. The van der Waals surface area contributed by atoms with E-state index < -0.39 is 35.2 Å². The third-order valence-corrected chi connectivity index (χ3v) is 3.67. The highest BCUT2D eigenvalue weighted by molar-refractivity contribution is 5.90.